The topological polar surface area (TPSA) is 74.2 Å². The van der Waals surface area contributed by atoms with Crippen LogP contribution >= 0.6 is 0 Å². The maximum Gasteiger partial charge on any atom is 0.224 e. The fraction of sp³-hybridized carbons (Fsp3) is 0.565. The molecule has 0 unspecified atom stereocenters. The predicted molar refractivity (Wildman–Crippen MR) is 113 cm³/mol. The number of carbonyl (C=O) groups is 1. The van der Waals surface area contributed by atoms with E-state index in [1.807, 2.05) is 30.3 Å². The first-order valence-corrected chi connectivity index (χ1v) is 10.6. The van der Waals surface area contributed by atoms with Crippen molar-refractivity contribution >= 4 is 28.3 Å². The Balaban J connectivity index is 1.47. The highest BCUT2D eigenvalue weighted by Crippen LogP contribution is 2.51. The van der Waals surface area contributed by atoms with E-state index in [4.69, 9.17) is 0 Å². The van der Waals surface area contributed by atoms with Crippen LogP contribution in [0.1, 0.15) is 58.3 Å². The van der Waals surface area contributed by atoms with E-state index >= 15 is 0 Å². The van der Waals surface area contributed by atoms with Crippen LogP contribution in [0.15, 0.2) is 30.3 Å². The Bertz CT molecular complexity index is 839. The maximum atomic E-state index is 12.9. The van der Waals surface area contributed by atoms with Crippen LogP contribution < -0.4 is 10.6 Å². The van der Waals surface area contributed by atoms with E-state index in [1.165, 1.54) is 44.9 Å². The van der Waals surface area contributed by atoms with Crippen LogP contribution in [0.4, 0.5) is 11.5 Å². The molecule has 2 aromatic rings. The number of aliphatic hydroxyl groups excluding tert-OH is 1. The van der Waals surface area contributed by atoms with E-state index in [-0.39, 0.29) is 11.3 Å². The van der Waals surface area contributed by atoms with Gasteiger partial charge in [-0.25, -0.2) is 4.98 Å². The second-order valence-electron chi connectivity index (χ2n) is 8.88. The van der Waals surface area contributed by atoms with Gasteiger partial charge in [-0.3, -0.25) is 4.79 Å². The first-order valence-electron chi connectivity index (χ1n) is 10.6. The maximum absolute atomic E-state index is 12.9. The van der Waals surface area contributed by atoms with Crippen LogP contribution in [0.2, 0.25) is 0 Å². The Labute approximate surface area is 166 Å². The third kappa shape index (κ3) is 4.30. The van der Waals surface area contributed by atoms with Crippen LogP contribution in [0.25, 0.3) is 10.9 Å². The van der Waals surface area contributed by atoms with Gasteiger partial charge < -0.3 is 15.7 Å². The Morgan fingerprint density at radius 1 is 1.25 bits per heavy atom. The molecule has 2 aliphatic carbocycles. The van der Waals surface area contributed by atoms with Crippen LogP contribution in [-0.4, -0.2) is 28.6 Å². The molecule has 2 saturated carbocycles. The van der Waals surface area contributed by atoms with E-state index in [1.54, 1.807) is 6.92 Å². The van der Waals surface area contributed by atoms with Crippen LogP contribution in [-0.2, 0) is 4.79 Å². The molecule has 3 N–H and O–H groups in total. The minimum atomic E-state index is -0.429. The minimum absolute atomic E-state index is 0.131. The number of hydrogen-bond acceptors (Lipinski definition) is 4. The van der Waals surface area contributed by atoms with Crippen LogP contribution in [0.3, 0.4) is 0 Å². The van der Waals surface area contributed by atoms with Crippen molar-refractivity contribution in [3.63, 3.8) is 0 Å². The fourth-order valence-electron chi connectivity index (χ4n) is 5.22. The number of fused-ring (bicyclic) bond motifs is 3. The Kier molecular flexibility index (Phi) is 5.54. The number of aromatic nitrogens is 1. The van der Waals surface area contributed by atoms with Gasteiger partial charge in [0, 0.05) is 18.4 Å². The predicted octanol–water partition coefficient (Wildman–Crippen LogP) is 4.72. The molecule has 5 heteroatoms. The van der Waals surface area contributed by atoms with Crippen molar-refractivity contribution < 1.29 is 9.90 Å². The number of hydrogen-bond donors (Lipinski definition) is 3. The number of nitrogens with zero attached hydrogens (tertiary/aromatic N) is 1. The quantitative estimate of drug-likeness (QED) is 0.677. The second-order valence-corrected chi connectivity index (χ2v) is 8.88. The zero-order valence-electron chi connectivity index (χ0n) is 16.7. The summed E-state index contributed by atoms with van der Waals surface area (Å²) in [6.45, 7) is 2.19. The average molecular weight is 382 g/mol. The summed E-state index contributed by atoms with van der Waals surface area (Å²) in [7, 11) is 0. The molecular weight excluding hydrogens is 350 g/mol. The summed E-state index contributed by atoms with van der Waals surface area (Å²) in [4.78, 5) is 17.5. The minimum Gasteiger partial charge on any atom is -0.392 e. The standard InChI is InChI=1S/C23H31N3O2/c1-16(27)15-24-21-10-9-18-19(25-21)7-2-8-20(18)26-22(28)14-23-11-3-5-17(13-23)6-4-12-23/h2,7-10,16-17,27H,3-6,11-15H2,1H3,(H,24,25)(H,26,28)/t16-,17?,23?/m1/s1. The van der Waals surface area contributed by atoms with Gasteiger partial charge in [0.15, 0.2) is 0 Å². The molecule has 2 fully saturated rings. The van der Waals surface area contributed by atoms with E-state index in [9.17, 15) is 9.90 Å². The number of aliphatic hydroxyl groups is 1. The van der Waals surface area contributed by atoms with Gasteiger partial charge in [-0.2, -0.15) is 0 Å². The fourth-order valence-corrected chi connectivity index (χ4v) is 5.22. The second kappa shape index (κ2) is 8.08. The molecule has 0 aliphatic heterocycles. The van der Waals surface area contributed by atoms with Crippen LogP contribution in [0, 0.1) is 11.3 Å². The molecule has 150 valence electrons. The van der Waals surface area contributed by atoms with Crippen molar-refractivity contribution in [1.82, 2.24) is 4.98 Å². The molecule has 2 aliphatic rings. The molecule has 5 nitrogen and oxygen atoms in total. The lowest BCUT2D eigenvalue weighted by Gasteiger charge is -2.45. The van der Waals surface area contributed by atoms with Crippen molar-refractivity contribution in [2.75, 3.05) is 17.2 Å². The van der Waals surface area contributed by atoms with Gasteiger partial charge in [0.2, 0.25) is 5.91 Å². The number of benzene rings is 1. The number of anilines is 2. The largest absolute Gasteiger partial charge is 0.392 e. The SMILES string of the molecule is C[C@@H](O)CNc1ccc2c(NC(=O)CC34CCCC(CCC3)C4)cccc2n1. The highest BCUT2D eigenvalue weighted by Gasteiger charge is 2.40. The van der Waals surface area contributed by atoms with E-state index in [0.717, 1.165) is 28.3 Å². The lowest BCUT2D eigenvalue weighted by atomic mass is 9.60. The molecule has 1 amide bonds. The molecular formula is C23H31N3O2. The molecule has 0 saturated heterocycles. The van der Waals surface area contributed by atoms with Crippen molar-refractivity contribution in [3.8, 4) is 0 Å². The molecule has 0 radical (unpaired) electrons. The summed E-state index contributed by atoms with van der Waals surface area (Å²) in [6, 6.07) is 9.71. The molecule has 1 atom stereocenters. The van der Waals surface area contributed by atoms with E-state index in [0.29, 0.717) is 13.0 Å². The highest BCUT2D eigenvalue weighted by molar-refractivity contribution is 6.01. The van der Waals surface area contributed by atoms with Gasteiger partial charge in [0.05, 0.1) is 17.3 Å². The number of pyridine rings is 1. The van der Waals surface area contributed by atoms with E-state index < -0.39 is 6.10 Å². The normalized spacial score (nSPS) is 25.3. The first kappa shape index (κ1) is 19.2. The lowest BCUT2D eigenvalue weighted by molar-refractivity contribution is -0.120. The lowest BCUT2D eigenvalue weighted by Crippen LogP contribution is -2.36. The van der Waals surface area contributed by atoms with Crippen molar-refractivity contribution in [3.05, 3.63) is 30.3 Å². The monoisotopic (exact) mass is 381 g/mol. The van der Waals surface area contributed by atoms with Gasteiger partial charge >= 0.3 is 0 Å². The number of rotatable bonds is 6. The Morgan fingerprint density at radius 2 is 2.04 bits per heavy atom. The zero-order chi connectivity index (χ0) is 19.6. The molecule has 2 bridgehead atoms. The third-order valence-electron chi connectivity index (χ3n) is 6.48. The summed E-state index contributed by atoms with van der Waals surface area (Å²) in [5, 5.41) is 16.7. The van der Waals surface area contributed by atoms with E-state index in [2.05, 4.69) is 15.6 Å². The highest BCUT2D eigenvalue weighted by atomic mass is 16.3. The molecule has 0 spiro atoms. The van der Waals surface area contributed by atoms with Gasteiger partial charge in [-0.15, -0.1) is 0 Å². The van der Waals surface area contributed by atoms with Crippen molar-refractivity contribution in [2.24, 2.45) is 11.3 Å². The van der Waals surface area contributed by atoms with Crippen molar-refractivity contribution in [1.29, 1.82) is 0 Å². The molecule has 1 heterocycles. The summed E-state index contributed by atoms with van der Waals surface area (Å²) in [5.41, 5.74) is 1.89. The smallest absolute Gasteiger partial charge is 0.224 e. The van der Waals surface area contributed by atoms with Gasteiger partial charge in [-0.05, 0) is 61.8 Å². The molecule has 28 heavy (non-hydrogen) atoms. The zero-order valence-corrected chi connectivity index (χ0v) is 16.7. The summed E-state index contributed by atoms with van der Waals surface area (Å²) in [6.07, 6.45) is 9.10. The Morgan fingerprint density at radius 3 is 2.79 bits per heavy atom. The number of carbonyl (C=O) groups excluding carboxylic acids is 1. The summed E-state index contributed by atoms with van der Waals surface area (Å²) < 4.78 is 0. The molecule has 1 aromatic carbocycles. The summed E-state index contributed by atoms with van der Waals surface area (Å²) in [5.74, 6) is 1.70. The van der Waals surface area contributed by atoms with Gasteiger partial charge in [0.1, 0.15) is 5.82 Å². The first-order chi connectivity index (χ1) is 13.5. The third-order valence-corrected chi connectivity index (χ3v) is 6.48. The Hall–Kier alpha value is -2.14. The van der Waals surface area contributed by atoms with Gasteiger partial charge in [-0.1, -0.05) is 31.7 Å². The average Bonchev–Trinajstić information content (AvgIpc) is 2.66. The number of nitrogens with one attached hydrogen (secondary N) is 2. The van der Waals surface area contributed by atoms with Crippen molar-refractivity contribution in [2.45, 2.75) is 64.4 Å². The summed E-state index contributed by atoms with van der Waals surface area (Å²) >= 11 is 0. The molecule has 1 aromatic heterocycles. The number of amides is 1. The van der Waals surface area contributed by atoms with Crippen LogP contribution in [0.5, 0.6) is 0 Å². The van der Waals surface area contributed by atoms with Gasteiger partial charge in [0.25, 0.3) is 0 Å². The molecule has 4 rings (SSSR count).